The van der Waals surface area contributed by atoms with Crippen molar-refractivity contribution in [2.75, 3.05) is 20.2 Å². The van der Waals surface area contributed by atoms with Crippen LogP contribution in [-0.2, 0) is 12.1 Å². The van der Waals surface area contributed by atoms with Crippen molar-refractivity contribution in [3.05, 3.63) is 48.5 Å². The van der Waals surface area contributed by atoms with Crippen molar-refractivity contribution in [3.63, 3.8) is 0 Å². The van der Waals surface area contributed by atoms with Crippen molar-refractivity contribution < 1.29 is 9.84 Å². The molecule has 1 fully saturated rings. The molecule has 5 nitrogen and oxygen atoms in total. The molecule has 3 rings (SSSR count). The molecule has 1 aromatic carbocycles. The Morgan fingerprint density at radius 1 is 1.30 bits per heavy atom. The largest absolute Gasteiger partial charge is 0.497 e. The van der Waals surface area contributed by atoms with E-state index in [-0.39, 0.29) is 6.04 Å². The Hall–Kier alpha value is -1.85. The van der Waals surface area contributed by atoms with Gasteiger partial charge in [-0.2, -0.15) is 0 Å². The zero-order valence-electron chi connectivity index (χ0n) is 13.9. The average Bonchev–Trinajstić information content (AvgIpc) is 3.24. The second-order valence-corrected chi connectivity index (χ2v) is 6.37. The number of ether oxygens (including phenoxy) is 1. The van der Waals surface area contributed by atoms with Crippen LogP contribution in [0, 0.1) is 0 Å². The van der Waals surface area contributed by atoms with E-state index in [0.29, 0.717) is 0 Å². The Balaban J connectivity index is 1.71. The molecule has 0 bridgehead atoms. The van der Waals surface area contributed by atoms with Gasteiger partial charge in [0.2, 0.25) is 0 Å². The maximum atomic E-state index is 11.2. The molecule has 1 aliphatic heterocycles. The van der Waals surface area contributed by atoms with E-state index in [1.165, 1.54) is 0 Å². The molecule has 0 spiro atoms. The van der Waals surface area contributed by atoms with Gasteiger partial charge in [-0.3, -0.25) is 4.90 Å². The Morgan fingerprint density at radius 3 is 2.74 bits per heavy atom. The first-order valence-corrected chi connectivity index (χ1v) is 8.18. The lowest BCUT2D eigenvalue weighted by atomic mass is 9.86. The van der Waals surface area contributed by atoms with Gasteiger partial charge in [0, 0.05) is 31.5 Å². The molecule has 0 aliphatic carbocycles. The highest BCUT2D eigenvalue weighted by molar-refractivity contribution is 5.31. The third-order valence-corrected chi connectivity index (χ3v) is 4.89. The highest BCUT2D eigenvalue weighted by atomic mass is 16.5. The van der Waals surface area contributed by atoms with Gasteiger partial charge in [0.1, 0.15) is 11.4 Å². The molecule has 1 aliphatic rings. The molecule has 0 amide bonds. The smallest absolute Gasteiger partial charge is 0.118 e. The molecule has 2 atom stereocenters. The topological polar surface area (TPSA) is 50.5 Å². The van der Waals surface area contributed by atoms with Crippen LogP contribution in [0.2, 0.25) is 0 Å². The molecule has 2 aromatic rings. The summed E-state index contributed by atoms with van der Waals surface area (Å²) in [6.07, 6.45) is 7.76. The van der Waals surface area contributed by atoms with Crippen LogP contribution in [0.25, 0.3) is 0 Å². The summed E-state index contributed by atoms with van der Waals surface area (Å²) in [5, 5.41) is 11.2. The second-order valence-electron chi connectivity index (χ2n) is 6.37. The number of hydrogen-bond donors (Lipinski definition) is 1. The van der Waals surface area contributed by atoms with Gasteiger partial charge in [-0.1, -0.05) is 12.1 Å². The predicted octanol–water partition coefficient (Wildman–Crippen LogP) is 2.26. The number of methoxy groups -OCH3 is 1. The molecule has 0 saturated carbocycles. The number of likely N-dealkylation sites (tertiary alicyclic amines) is 1. The zero-order valence-corrected chi connectivity index (χ0v) is 13.9. The van der Waals surface area contributed by atoms with E-state index in [2.05, 4.69) is 14.5 Å². The maximum Gasteiger partial charge on any atom is 0.118 e. The summed E-state index contributed by atoms with van der Waals surface area (Å²) in [6, 6.07) is 7.89. The fourth-order valence-electron chi connectivity index (χ4n) is 3.51. The number of benzene rings is 1. The Bertz CT molecular complexity index is 608. The van der Waals surface area contributed by atoms with Crippen molar-refractivity contribution in [2.45, 2.75) is 38.0 Å². The second kappa shape index (κ2) is 6.72. The van der Waals surface area contributed by atoms with Crippen molar-refractivity contribution in [1.29, 1.82) is 0 Å². The number of nitrogens with zero attached hydrogens (tertiary/aromatic N) is 3. The summed E-state index contributed by atoms with van der Waals surface area (Å²) in [5.74, 6) is 0.813. The molecule has 2 heterocycles. The monoisotopic (exact) mass is 315 g/mol. The third-order valence-electron chi connectivity index (χ3n) is 4.89. The lowest BCUT2D eigenvalue weighted by Crippen LogP contribution is -2.46. The van der Waals surface area contributed by atoms with E-state index < -0.39 is 5.60 Å². The van der Waals surface area contributed by atoms with Gasteiger partial charge in [0.15, 0.2) is 0 Å². The third kappa shape index (κ3) is 3.41. The Kier molecular flexibility index (Phi) is 4.68. The van der Waals surface area contributed by atoms with Crippen LogP contribution >= 0.6 is 0 Å². The van der Waals surface area contributed by atoms with Gasteiger partial charge in [-0.05, 0) is 44.0 Å². The van der Waals surface area contributed by atoms with Crippen molar-refractivity contribution in [2.24, 2.45) is 0 Å². The molecule has 1 N–H and O–H groups in total. The number of hydrogen-bond acceptors (Lipinski definition) is 4. The van der Waals surface area contributed by atoms with Gasteiger partial charge in [0.25, 0.3) is 0 Å². The predicted molar refractivity (Wildman–Crippen MR) is 89.4 cm³/mol. The van der Waals surface area contributed by atoms with Gasteiger partial charge in [-0.25, -0.2) is 4.98 Å². The summed E-state index contributed by atoms with van der Waals surface area (Å²) in [6.45, 7) is 4.78. The Labute approximate surface area is 137 Å². The summed E-state index contributed by atoms with van der Waals surface area (Å²) >= 11 is 0. The molecule has 1 saturated heterocycles. The summed E-state index contributed by atoms with van der Waals surface area (Å²) in [5.41, 5.74) is 0.0791. The van der Waals surface area contributed by atoms with Crippen molar-refractivity contribution in [3.8, 4) is 5.75 Å². The van der Waals surface area contributed by atoms with Gasteiger partial charge < -0.3 is 14.4 Å². The first-order valence-electron chi connectivity index (χ1n) is 8.18. The molecule has 23 heavy (non-hydrogen) atoms. The normalized spacial score (nSPS) is 21.3. The molecular formula is C18H25N3O2. The minimum Gasteiger partial charge on any atom is -0.497 e. The minimum atomic E-state index is -0.863. The van der Waals surface area contributed by atoms with Gasteiger partial charge in [0.05, 0.1) is 13.4 Å². The maximum absolute atomic E-state index is 11.2. The summed E-state index contributed by atoms with van der Waals surface area (Å²) in [4.78, 5) is 6.48. The van der Waals surface area contributed by atoms with E-state index in [4.69, 9.17) is 4.74 Å². The highest BCUT2D eigenvalue weighted by Crippen LogP contribution is 2.35. The molecule has 124 valence electrons. The van der Waals surface area contributed by atoms with Crippen LogP contribution in [-0.4, -0.2) is 45.8 Å². The molecule has 5 heteroatoms. The SMILES string of the molecule is COc1ccc([C@](C)(O)[C@H]2CCCN2CCn2ccnc2)cc1. The van der Waals surface area contributed by atoms with Crippen LogP contribution in [0.15, 0.2) is 43.0 Å². The van der Waals surface area contributed by atoms with E-state index >= 15 is 0 Å². The summed E-state index contributed by atoms with van der Waals surface area (Å²) in [7, 11) is 1.65. The van der Waals surface area contributed by atoms with Crippen LogP contribution in [0.5, 0.6) is 5.75 Å². The van der Waals surface area contributed by atoms with Crippen molar-refractivity contribution >= 4 is 0 Å². The highest BCUT2D eigenvalue weighted by Gasteiger charge is 2.40. The fraction of sp³-hybridized carbons (Fsp3) is 0.500. The van der Waals surface area contributed by atoms with Crippen molar-refractivity contribution in [1.82, 2.24) is 14.5 Å². The number of aromatic nitrogens is 2. The van der Waals surface area contributed by atoms with E-state index in [1.807, 2.05) is 43.7 Å². The average molecular weight is 315 g/mol. The molecule has 0 radical (unpaired) electrons. The minimum absolute atomic E-state index is 0.138. The molecular weight excluding hydrogens is 290 g/mol. The van der Waals surface area contributed by atoms with E-state index in [0.717, 1.165) is 43.8 Å². The lowest BCUT2D eigenvalue weighted by molar-refractivity contribution is -0.0237. The molecule has 1 aromatic heterocycles. The van der Waals surface area contributed by atoms with Gasteiger partial charge >= 0.3 is 0 Å². The van der Waals surface area contributed by atoms with Crippen LogP contribution in [0.4, 0.5) is 0 Å². The van der Waals surface area contributed by atoms with Gasteiger partial charge in [-0.15, -0.1) is 0 Å². The molecule has 0 unspecified atom stereocenters. The quantitative estimate of drug-likeness (QED) is 0.888. The number of aliphatic hydroxyl groups is 1. The standard InChI is InChI=1S/C18H25N3O2/c1-18(22,15-5-7-16(23-2)8-6-15)17-4-3-10-21(17)13-12-20-11-9-19-14-20/h5-9,11,14,17,22H,3-4,10,12-13H2,1-2H3/t17-,18+/m1/s1. The first kappa shape index (κ1) is 16.0. The number of rotatable bonds is 6. The van der Waals surface area contributed by atoms with Crippen LogP contribution in [0.3, 0.4) is 0 Å². The zero-order chi connectivity index (χ0) is 16.3. The summed E-state index contributed by atoms with van der Waals surface area (Å²) < 4.78 is 7.29. The lowest BCUT2D eigenvalue weighted by Gasteiger charge is -2.37. The van der Waals surface area contributed by atoms with Crippen LogP contribution in [0.1, 0.15) is 25.3 Å². The van der Waals surface area contributed by atoms with Crippen LogP contribution < -0.4 is 4.74 Å². The van der Waals surface area contributed by atoms with E-state index in [1.54, 1.807) is 13.3 Å². The van der Waals surface area contributed by atoms with E-state index in [9.17, 15) is 5.11 Å². The first-order chi connectivity index (χ1) is 11.1. The fourth-order valence-corrected chi connectivity index (χ4v) is 3.51. The number of imidazole rings is 1. The Morgan fingerprint density at radius 2 is 2.09 bits per heavy atom.